The Hall–Kier alpha value is -0.720. The molecule has 82 valence electrons. The van der Waals surface area contributed by atoms with Crippen LogP contribution in [0.25, 0.3) is 0 Å². The van der Waals surface area contributed by atoms with E-state index in [1.807, 2.05) is 0 Å². The molecule has 0 saturated heterocycles. The highest BCUT2D eigenvalue weighted by Crippen LogP contribution is 2.12. The van der Waals surface area contributed by atoms with Gasteiger partial charge in [0.2, 0.25) is 0 Å². The van der Waals surface area contributed by atoms with E-state index in [0.29, 0.717) is 0 Å². The van der Waals surface area contributed by atoms with Crippen LogP contribution in [0.15, 0.2) is 24.4 Å². The standard InChI is InChI=1S/C13H25N/c1-6-7-11-14(5)13(4)10-8-9-12(2)3/h2,4,6-11H2,1,3,5H3. The Morgan fingerprint density at radius 2 is 1.79 bits per heavy atom. The van der Waals surface area contributed by atoms with Crippen molar-refractivity contribution in [1.29, 1.82) is 0 Å². The average Bonchev–Trinajstić information content (AvgIpc) is 2.13. The molecule has 0 fully saturated rings. The first-order valence-corrected chi connectivity index (χ1v) is 5.61. The van der Waals surface area contributed by atoms with E-state index in [0.717, 1.165) is 19.4 Å². The third-order valence-corrected chi connectivity index (χ3v) is 2.46. The molecule has 0 aromatic heterocycles. The van der Waals surface area contributed by atoms with E-state index in [-0.39, 0.29) is 0 Å². The average molecular weight is 195 g/mol. The van der Waals surface area contributed by atoms with Crippen LogP contribution in [0.3, 0.4) is 0 Å². The molecule has 0 heterocycles. The van der Waals surface area contributed by atoms with Gasteiger partial charge in [0.1, 0.15) is 0 Å². The molecule has 0 unspecified atom stereocenters. The highest BCUT2D eigenvalue weighted by atomic mass is 15.1. The van der Waals surface area contributed by atoms with Crippen molar-refractivity contribution >= 4 is 0 Å². The van der Waals surface area contributed by atoms with E-state index in [4.69, 9.17) is 0 Å². The lowest BCUT2D eigenvalue weighted by atomic mass is 10.1. The number of allylic oxidation sites excluding steroid dienone is 2. The summed E-state index contributed by atoms with van der Waals surface area (Å²) in [6.07, 6.45) is 5.93. The predicted octanol–water partition coefficient (Wildman–Crippen LogP) is 3.98. The molecule has 0 atom stereocenters. The van der Waals surface area contributed by atoms with Gasteiger partial charge in [0.05, 0.1) is 0 Å². The predicted molar refractivity (Wildman–Crippen MR) is 65.3 cm³/mol. The molecule has 0 saturated carbocycles. The highest BCUT2D eigenvalue weighted by molar-refractivity contribution is 4.95. The van der Waals surface area contributed by atoms with Gasteiger partial charge < -0.3 is 4.90 Å². The molecule has 0 aliphatic heterocycles. The van der Waals surface area contributed by atoms with Gasteiger partial charge in [0.15, 0.2) is 0 Å². The highest BCUT2D eigenvalue weighted by Gasteiger charge is 2.00. The number of rotatable bonds is 8. The van der Waals surface area contributed by atoms with Gasteiger partial charge in [-0.25, -0.2) is 0 Å². The van der Waals surface area contributed by atoms with E-state index in [1.165, 1.54) is 30.5 Å². The van der Waals surface area contributed by atoms with Gasteiger partial charge in [-0.3, -0.25) is 0 Å². The maximum absolute atomic E-state index is 4.10. The summed E-state index contributed by atoms with van der Waals surface area (Å²) in [4.78, 5) is 2.28. The van der Waals surface area contributed by atoms with Gasteiger partial charge in [-0.1, -0.05) is 25.5 Å². The Morgan fingerprint density at radius 3 is 2.29 bits per heavy atom. The van der Waals surface area contributed by atoms with Crippen LogP contribution >= 0.6 is 0 Å². The topological polar surface area (TPSA) is 3.24 Å². The fraction of sp³-hybridized carbons (Fsp3) is 0.692. The maximum atomic E-state index is 4.10. The summed E-state index contributed by atoms with van der Waals surface area (Å²) in [5.74, 6) is 0. The van der Waals surface area contributed by atoms with Crippen LogP contribution in [0.1, 0.15) is 46.0 Å². The molecule has 0 bridgehead atoms. The normalized spacial score (nSPS) is 9.93. The second-order valence-electron chi connectivity index (χ2n) is 4.15. The molecule has 0 aromatic rings. The van der Waals surface area contributed by atoms with Gasteiger partial charge in [0, 0.05) is 19.3 Å². The number of hydrogen-bond acceptors (Lipinski definition) is 1. The molecule has 0 amide bonds. The van der Waals surface area contributed by atoms with Gasteiger partial charge in [-0.15, -0.1) is 6.58 Å². The van der Waals surface area contributed by atoms with Crippen LogP contribution in [0.2, 0.25) is 0 Å². The summed E-state index contributed by atoms with van der Waals surface area (Å²) in [6.45, 7) is 13.5. The van der Waals surface area contributed by atoms with Crippen molar-refractivity contribution in [2.45, 2.75) is 46.0 Å². The zero-order valence-corrected chi connectivity index (χ0v) is 10.1. The third kappa shape index (κ3) is 6.76. The quantitative estimate of drug-likeness (QED) is 0.530. The molecule has 0 radical (unpaired) electrons. The molecule has 0 aliphatic carbocycles. The van der Waals surface area contributed by atoms with Crippen molar-refractivity contribution in [1.82, 2.24) is 4.90 Å². The summed E-state index contributed by atoms with van der Waals surface area (Å²) in [7, 11) is 2.14. The Labute approximate surface area is 89.5 Å². The SMILES string of the molecule is C=C(C)CCCC(=C)N(C)CCCC. The van der Waals surface area contributed by atoms with E-state index in [2.05, 4.69) is 39.0 Å². The van der Waals surface area contributed by atoms with Gasteiger partial charge in [0.25, 0.3) is 0 Å². The van der Waals surface area contributed by atoms with Crippen LogP contribution in [-0.4, -0.2) is 18.5 Å². The summed E-state index contributed by atoms with van der Waals surface area (Å²) < 4.78 is 0. The van der Waals surface area contributed by atoms with Crippen LogP contribution < -0.4 is 0 Å². The second-order valence-corrected chi connectivity index (χ2v) is 4.15. The zero-order valence-electron chi connectivity index (χ0n) is 10.1. The molecule has 0 aliphatic rings. The molecule has 1 heteroatoms. The van der Waals surface area contributed by atoms with Crippen LogP contribution in [0, 0.1) is 0 Å². The lowest BCUT2D eigenvalue weighted by molar-refractivity contribution is 0.390. The first-order valence-electron chi connectivity index (χ1n) is 5.61. The van der Waals surface area contributed by atoms with Gasteiger partial charge in [-0.2, -0.15) is 0 Å². The fourth-order valence-electron chi connectivity index (χ4n) is 1.34. The molecule has 0 aromatic carbocycles. The van der Waals surface area contributed by atoms with Crippen LogP contribution in [0.5, 0.6) is 0 Å². The lowest BCUT2D eigenvalue weighted by Gasteiger charge is -2.21. The molecule has 0 rings (SSSR count). The minimum atomic E-state index is 1.10. The van der Waals surface area contributed by atoms with Gasteiger partial charge >= 0.3 is 0 Å². The molecule has 1 nitrogen and oxygen atoms in total. The summed E-state index contributed by atoms with van der Waals surface area (Å²) >= 11 is 0. The first kappa shape index (κ1) is 13.3. The molecule has 0 spiro atoms. The minimum absolute atomic E-state index is 1.10. The van der Waals surface area contributed by atoms with E-state index < -0.39 is 0 Å². The molecular formula is C13H25N. The number of nitrogens with zero attached hydrogens (tertiary/aromatic N) is 1. The van der Waals surface area contributed by atoms with E-state index in [9.17, 15) is 0 Å². The molecular weight excluding hydrogens is 170 g/mol. The van der Waals surface area contributed by atoms with Crippen molar-refractivity contribution in [3.63, 3.8) is 0 Å². The van der Waals surface area contributed by atoms with Crippen molar-refractivity contribution in [2.24, 2.45) is 0 Å². The van der Waals surface area contributed by atoms with E-state index in [1.54, 1.807) is 0 Å². The van der Waals surface area contributed by atoms with Crippen molar-refractivity contribution < 1.29 is 0 Å². The zero-order chi connectivity index (χ0) is 11.0. The summed E-state index contributed by atoms with van der Waals surface area (Å²) in [5, 5.41) is 0. The first-order chi connectivity index (χ1) is 6.57. The van der Waals surface area contributed by atoms with E-state index >= 15 is 0 Å². The third-order valence-electron chi connectivity index (χ3n) is 2.46. The fourth-order valence-corrected chi connectivity index (χ4v) is 1.34. The Kier molecular flexibility index (Phi) is 7.27. The maximum Gasteiger partial charge on any atom is 0.0171 e. The second kappa shape index (κ2) is 7.66. The summed E-state index contributed by atoms with van der Waals surface area (Å²) in [6, 6.07) is 0. The van der Waals surface area contributed by atoms with Crippen molar-refractivity contribution in [3.05, 3.63) is 24.4 Å². The largest absolute Gasteiger partial charge is 0.378 e. The minimum Gasteiger partial charge on any atom is -0.378 e. The van der Waals surface area contributed by atoms with Crippen molar-refractivity contribution in [2.75, 3.05) is 13.6 Å². The Morgan fingerprint density at radius 1 is 1.14 bits per heavy atom. The monoisotopic (exact) mass is 195 g/mol. The van der Waals surface area contributed by atoms with Gasteiger partial charge in [-0.05, 0) is 32.6 Å². The van der Waals surface area contributed by atoms with Crippen molar-refractivity contribution in [3.8, 4) is 0 Å². The molecule has 14 heavy (non-hydrogen) atoms. The Balaban J connectivity index is 3.56. The summed E-state index contributed by atoms with van der Waals surface area (Å²) in [5.41, 5.74) is 2.54. The van der Waals surface area contributed by atoms with Crippen LogP contribution in [-0.2, 0) is 0 Å². The van der Waals surface area contributed by atoms with Crippen LogP contribution in [0.4, 0.5) is 0 Å². The smallest absolute Gasteiger partial charge is 0.0171 e. The Bertz CT molecular complexity index is 182. The number of hydrogen-bond donors (Lipinski definition) is 0. The molecule has 0 N–H and O–H groups in total. The lowest BCUT2D eigenvalue weighted by Crippen LogP contribution is -2.18. The number of unbranched alkanes of at least 4 members (excludes halogenated alkanes) is 1.